The summed E-state index contributed by atoms with van der Waals surface area (Å²) in [5.41, 5.74) is 0.967. The van der Waals surface area contributed by atoms with Crippen LogP contribution in [0.25, 0.3) is 0 Å². The Morgan fingerprint density at radius 3 is 2.89 bits per heavy atom. The average Bonchev–Trinajstić information content (AvgIpc) is 2.41. The quantitative estimate of drug-likeness (QED) is 0.830. The van der Waals surface area contributed by atoms with E-state index < -0.39 is 0 Å². The second-order valence-corrected chi connectivity index (χ2v) is 5.97. The molecule has 0 saturated carbocycles. The van der Waals surface area contributed by atoms with Crippen LogP contribution in [0.1, 0.15) is 25.3 Å². The van der Waals surface area contributed by atoms with Gasteiger partial charge >= 0.3 is 0 Å². The van der Waals surface area contributed by atoms with E-state index in [-0.39, 0.29) is 11.9 Å². The normalized spacial score (nSPS) is 18.9. The van der Waals surface area contributed by atoms with E-state index in [9.17, 15) is 4.79 Å². The fraction of sp³-hybridized carbons (Fsp3) is 0.533. The number of rotatable bonds is 5. The van der Waals surface area contributed by atoms with Crippen LogP contribution in [0.15, 0.2) is 18.2 Å². The van der Waals surface area contributed by atoms with Gasteiger partial charge in [-0.2, -0.15) is 11.8 Å². The molecule has 0 amide bonds. The SMILES string of the molecule is COc1cc(CC(C)=O)ccc1OC1CCCSC1. The minimum absolute atomic E-state index is 0.152. The maximum absolute atomic E-state index is 11.1. The lowest BCUT2D eigenvalue weighted by atomic mass is 10.1. The summed E-state index contributed by atoms with van der Waals surface area (Å²) in [6, 6.07) is 5.75. The standard InChI is InChI=1S/C15H20O3S/c1-11(16)8-12-5-6-14(15(9-12)17-2)18-13-4-3-7-19-10-13/h5-6,9,13H,3-4,7-8,10H2,1-2H3. The molecule has 104 valence electrons. The first-order valence-electron chi connectivity index (χ1n) is 6.60. The van der Waals surface area contributed by atoms with Crippen molar-refractivity contribution in [3.8, 4) is 11.5 Å². The van der Waals surface area contributed by atoms with E-state index in [1.807, 2.05) is 30.0 Å². The van der Waals surface area contributed by atoms with Gasteiger partial charge in [-0.05, 0) is 43.2 Å². The summed E-state index contributed by atoms with van der Waals surface area (Å²) >= 11 is 1.94. The van der Waals surface area contributed by atoms with Crippen molar-refractivity contribution in [3.05, 3.63) is 23.8 Å². The zero-order valence-electron chi connectivity index (χ0n) is 11.5. The van der Waals surface area contributed by atoms with Gasteiger partial charge in [0.2, 0.25) is 0 Å². The molecule has 0 aliphatic carbocycles. The Morgan fingerprint density at radius 1 is 1.42 bits per heavy atom. The lowest BCUT2D eigenvalue weighted by molar-refractivity contribution is -0.116. The Balaban J connectivity index is 2.08. The minimum Gasteiger partial charge on any atom is -0.493 e. The zero-order valence-corrected chi connectivity index (χ0v) is 12.3. The molecule has 1 heterocycles. The number of methoxy groups -OCH3 is 1. The van der Waals surface area contributed by atoms with Crippen molar-refractivity contribution in [3.63, 3.8) is 0 Å². The van der Waals surface area contributed by atoms with Gasteiger partial charge in [-0.1, -0.05) is 6.07 Å². The Labute approximate surface area is 118 Å². The van der Waals surface area contributed by atoms with Gasteiger partial charge in [-0.3, -0.25) is 4.79 Å². The van der Waals surface area contributed by atoms with Crippen LogP contribution >= 0.6 is 11.8 Å². The first-order chi connectivity index (χ1) is 9.19. The van der Waals surface area contributed by atoms with Crippen LogP contribution in [-0.2, 0) is 11.2 Å². The Bertz CT molecular complexity index is 439. The van der Waals surface area contributed by atoms with E-state index >= 15 is 0 Å². The molecule has 0 radical (unpaired) electrons. The van der Waals surface area contributed by atoms with E-state index in [4.69, 9.17) is 9.47 Å². The number of hydrogen-bond donors (Lipinski definition) is 0. The molecular weight excluding hydrogens is 260 g/mol. The first kappa shape index (κ1) is 14.3. The van der Waals surface area contributed by atoms with Crippen molar-refractivity contribution in [1.29, 1.82) is 0 Å². The Morgan fingerprint density at radius 2 is 2.26 bits per heavy atom. The number of hydrogen-bond acceptors (Lipinski definition) is 4. The van der Waals surface area contributed by atoms with Crippen LogP contribution in [0.2, 0.25) is 0 Å². The second kappa shape index (κ2) is 6.85. The summed E-state index contributed by atoms with van der Waals surface area (Å²) in [6.07, 6.45) is 3.02. The lowest BCUT2D eigenvalue weighted by Gasteiger charge is -2.23. The highest BCUT2D eigenvalue weighted by Gasteiger charge is 2.17. The number of benzene rings is 1. The lowest BCUT2D eigenvalue weighted by Crippen LogP contribution is -2.23. The molecule has 1 aliphatic rings. The molecule has 4 heteroatoms. The van der Waals surface area contributed by atoms with Crippen molar-refractivity contribution in [2.24, 2.45) is 0 Å². The van der Waals surface area contributed by atoms with E-state index in [1.54, 1.807) is 14.0 Å². The van der Waals surface area contributed by atoms with Crippen LogP contribution in [0.4, 0.5) is 0 Å². The molecule has 0 spiro atoms. The minimum atomic E-state index is 0.152. The van der Waals surface area contributed by atoms with Crippen molar-refractivity contribution >= 4 is 17.5 Å². The van der Waals surface area contributed by atoms with Gasteiger partial charge in [-0.25, -0.2) is 0 Å². The maximum Gasteiger partial charge on any atom is 0.161 e. The van der Waals surface area contributed by atoms with Crippen molar-refractivity contribution in [1.82, 2.24) is 0 Å². The van der Waals surface area contributed by atoms with Gasteiger partial charge in [0.1, 0.15) is 11.9 Å². The molecule has 3 nitrogen and oxygen atoms in total. The van der Waals surface area contributed by atoms with Gasteiger partial charge in [0.15, 0.2) is 11.5 Å². The molecule has 1 saturated heterocycles. The van der Waals surface area contributed by atoms with Crippen LogP contribution in [-0.4, -0.2) is 30.5 Å². The highest BCUT2D eigenvalue weighted by molar-refractivity contribution is 7.99. The smallest absolute Gasteiger partial charge is 0.161 e. The van der Waals surface area contributed by atoms with Crippen molar-refractivity contribution in [2.45, 2.75) is 32.3 Å². The number of carbonyl (C=O) groups is 1. The van der Waals surface area contributed by atoms with Gasteiger partial charge in [0, 0.05) is 12.2 Å². The fourth-order valence-corrected chi connectivity index (χ4v) is 3.23. The van der Waals surface area contributed by atoms with Crippen LogP contribution in [0.5, 0.6) is 11.5 Å². The van der Waals surface area contributed by atoms with Crippen molar-refractivity contribution in [2.75, 3.05) is 18.6 Å². The molecule has 1 aliphatic heterocycles. The molecular formula is C15H20O3S. The predicted octanol–water partition coefficient (Wildman–Crippen LogP) is 3.10. The summed E-state index contributed by atoms with van der Waals surface area (Å²) in [5, 5.41) is 0. The molecule has 1 aromatic rings. The number of ketones is 1. The molecule has 19 heavy (non-hydrogen) atoms. The first-order valence-corrected chi connectivity index (χ1v) is 7.75. The molecule has 1 fully saturated rings. The third-order valence-electron chi connectivity index (χ3n) is 3.09. The van der Waals surface area contributed by atoms with E-state index in [2.05, 4.69) is 0 Å². The van der Waals surface area contributed by atoms with Gasteiger partial charge < -0.3 is 9.47 Å². The predicted molar refractivity (Wildman–Crippen MR) is 78.4 cm³/mol. The van der Waals surface area contributed by atoms with E-state index in [0.717, 1.165) is 23.5 Å². The average molecular weight is 280 g/mol. The largest absolute Gasteiger partial charge is 0.493 e. The van der Waals surface area contributed by atoms with Gasteiger partial charge in [0.05, 0.1) is 7.11 Å². The molecule has 0 aromatic heterocycles. The van der Waals surface area contributed by atoms with Gasteiger partial charge in [-0.15, -0.1) is 0 Å². The molecule has 0 N–H and O–H groups in total. The summed E-state index contributed by atoms with van der Waals surface area (Å²) < 4.78 is 11.4. The summed E-state index contributed by atoms with van der Waals surface area (Å²) in [4.78, 5) is 11.1. The molecule has 1 atom stereocenters. The van der Waals surface area contributed by atoms with E-state index in [1.165, 1.54) is 12.2 Å². The number of Topliss-reactive ketones (excluding diaryl/α,β-unsaturated/α-hetero) is 1. The molecule has 2 rings (SSSR count). The maximum atomic E-state index is 11.1. The zero-order chi connectivity index (χ0) is 13.7. The third-order valence-corrected chi connectivity index (χ3v) is 4.28. The summed E-state index contributed by atoms with van der Waals surface area (Å²) in [6.45, 7) is 1.59. The van der Waals surface area contributed by atoms with Gasteiger partial charge in [0.25, 0.3) is 0 Å². The summed E-state index contributed by atoms with van der Waals surface area (Å²) in [7, 11) is 1.63. The fourth-order valence-electron chi connectivity index (χ4n) is 2.19. The highest BCUT2D eigenvalue weighted by atomic mass is 32.2. The second-order valence-electron chi connectivity index (χ2n) is 4.82. The highest BCUT2D eigenvalue weighted by Crippen LogP contribution is 2.31. The third kappa shape index (κ3) is 4.16. The number of carbonyl (C=O) groups excluding carboxylic acids is 1. The summed E-state index contributed by atoms with van der Waals surface area (Å²) in [5.74, 6) is 3.92. The van der Waals surface area contributed by atoms with Crippen LogP contribution in [0, 0.1) is 0 Å². The molecule has 0 bridgehead atoms. The number of thioether (sulfide) groups is 1. The monoisotopic (exact) mass is 280 g/mol. The number of ether oxygens (including phenoxy) is 2. The van der Waals surface area contributed by atoms with Crippen LogP contribution < -0.4 is 9.47 Å². The van der Waals surface area contributed by atoms with E-state index in [0.29, 0.717) is 12.2 Å². The van der Waals surface area contributed by atoms with Crippen molar-refractivity contribution < 1.29 is 14.3 Å². The van der Waals surface area contributed by atoms with Crippen LogP contribution in [0.3, 0.4) is 0 Å². The topological polar surface area (TPSA) is 35.5 Å². The Hall–Kier alpha value is -1.16. The Kier molecular flexibility index (Phi) is 5.14. The molecule has 1 aromatic carbocycles. The molecule has 1 unspecified atom stereocenters.